The van der Waals surface area contributed by atoms with Crippen molar-refractivity contribution in [1.82, 2.24) is 15.3 Å². The molecule has 1 aliphatic rings. The van der Waals surface area contributed by atoms with E-state index >= 15 is 0 Å². The molecule has 4 nitrogen and oxygen atoms in total. The molecule has 1 heterocycles. The Balaban J connectivity index is 2.25. The molecule has 1 aromatic rings. The summed E-state index contributed by atoms with van der Waals surface area (Å²) in [5, 5.41) is 3.19. The molecule has 2 rings (SSSR count). The van der Waals surface area contributed by atoms with Crippen LogP contribution >= 0.6 is 0 Å². The highest BCUT2D eigenvalue weighted by Crippen LogP contribution is 2.40. The van der Waals surface area contributed by atoms with Crippen molar-refractivity contribution in [1.29, 1.82) is 0 Å². The Morgan fingerprint density at radius 2 is 1.76 bits per heavy atom. The van der Waals surface area contributed by atoms with Crippen molar-refractivity contribution in [2.45, 2.75) is 64.9 Å². The molecule has 0 saturated heterocycles. The van der Waals surface area contributed by atoms with Crippen LogP contribution in [0.1, 0.15) is 61.8 Å². The molecule has 0 amide bonds. The van der Waals surface area contributed by atoms with Gasteiger partial charge in [-0.15, -0.1) is 0 Å². The van der Waals surface area contributed by atoms with E-state index < -0.39 is 0 Å². The van der Waals surface area contributed by atoms with Crippen LogP contribution in [0.2, 0.25) is 0 Å². The fourth-order valence-corrected chi connectivity index (χ4v) is 3.40. The molecule has 0 aromatic carbocycles. The highest BCUT2D eigenvalue weighted by Gasteiger charge is 2.39. The molecule has 0 aliphatic heterocycles. The van der Waals surface area contributed by atoms with E-state index in [1.165, 1.54) is 18.4 Å². The van der Waals surface area contributed by atoms with Crippen molar-refractivity contribution in [3.8, 4) is 0 Å². The third-order valence-electron chi connectivity index (χ3n) is 4.51. The molecule has 1 fully saturated rings. The summed E-state index contributed by atoms with van der Waals surface area (Å²) in [4.78, 5) is 9.66. The number of ether oxygens (including phenoxy) is 1. The summed E-state index contributed by atoms with van der Waals surface area (Å²) in [5.74, 6) is 0.911. The van der Waals surface area contributed by atoms with Gasteiger partial charge in [0.05, 0.1) is 0 Å². The Bertz CT molecular complexity index is 444. The lowest BCUT2D eigenvalue weighted by Gasteiger charge is -2.28. The maximum atomic E-state index is 6.09. The predicted molar refractivity (Wildman–Crippen MR) is 85.5 cm³/mol. The second-order valence-corrected chi connectivity index (χ2v) is 6.04. The molecule has 0 unspecified atom stereocenters. The van der Waals surface area contributed by atoms with E-state index in [0.717, 1.165) is 56.0 Å². The number of nitrogens with one attached hydrogen (secondary N) is 1. The van der Waals surface area contributed by atoms with Crippen molar-refractivity contribution < 1.29 is 4.74 Å². The molecule has 0 atom stereocenters. The third kappa shape index (κ3) is 3.61. The first-order valence-electron chi connectivity index (χ1n) is 8.26. The summed E-state index contributed by atoms with van der Waals surface area (Å²) in [7, 11) is 1.99. The van der Waals surface area contributed by atoms with Crippen LogP contribution in [-0.2, 0) is 16.8 Å². The third-order valence-corrected chi connectivity index (χ3v) is 4.51. The number of hydrogen-bond acceptors (Lipinski definition) is 4. The minimum atomic E-state index is -0.228. The molecule has 1 saturated carbocycles. The molecule has 1 N–H and O–H groups in total. The van der Waals surface area contributed by atoms with Crippen molar-refractivity contribution in [2.24, 2.45) is 0 Å². The molecule has 1 aromatic heterocycles. The van der Waals surface area contributed by atoms with E-state index in [2.05, 4.69) is 26.1 Å². The number of hydrogen-bond donors (Lipinski definition) is 1. The Hall–Kier alpha value is -1.00. The van der Waals surface area contributed by atoms with Gasteiger partial charge in [-0.05, 0) is 78.5 Å². The molecular weight excluding hydrogens is 262 g/mol. The lowest BCUT2D eigenvalue weighted by atomic mass is 9.99. The van der Waals surface area contributed by atoms with Gasteiger partial charge in [-0.1, -0.05) is 0 Å². The van der Waals surface area contributed by atoms with Crippen LogP contribution in [0, 0.1) is 13.8 Å². The maximum Gasteiger partial charge on any atom is 0.160 e. The lowest BCUT2D eigenvalue weighted by molar-refractivity contribution is -0.0459. The van der Waals surface area contributed by atoms with Crippen LogP contribution in [0.25, 0.3) is 0 Å². The Morgan fingerprint density at radius 1 is 1.14 bits per heavy atom. The summed E-state index contributed by atoms with van der Waals surface area (Å²) in [6, 6.07) is 0. The zero-order valence-corrected chi connectivity index (χ0v) is 14.0. The highest BCUT2D eigenvalue weighted by atomic mass is 16.5. The summed E-state index contributed by atoms with van der Waals surface area (Å²) in [6.07, 6.45) is 6.70. The maximum absolute atomic E-state index is 6.09. The first-order valence-corrected chi connectivity index (χ1v) is 8.26. The fourth-order valence-electron chi connectivity index (χ4n) is 3.40. The summed E-state index contributed by atoms with van der Waals surface area (Å²) >= 11 is 0. The fraction of sp³-hybridized carbons (Fsp3) is 0.765. The molecule has 4 heteroatoms. The molecule has 0 radical (unpaired) electrons. The van der Waals surface area contributed by atoms with Gasteiger partial charge in [0, 0.05) is 18.0 Å². The van der Waals surface area contributed by atoms with Gasteiger partial charge in [0.15, 0.2) is 5.82 Å². The van der Waals surface area contributed by atoms with Gasteiger partial charge in [0.2, 0.25) is 0 Å². The van der Waals surface area contributed by atoms with E-state index in [0.29, 0.717) is 0 Å². The van der Waals surface area contributed by atoms with Crippen LogP contribution in [-0.4, -0.2) is 30.2 Å². The SMILES string of the molecule is CCOC1(c2nc(C)c(CCCNC)c(C)n2)CCCC1. The van der Waals surface area contributed by atoms with E-state index in [4.69, 9.17) is 14.7 Å². The Morgan fingerprint density at radius 3 is 2.29 bits per heavy atom. The summed E-state index contributed by atoms with van der Waals surface area (Å²) in [6.45, 7) is 8.05. The number of rotatable bonds is 7. The van der Waals surface area contributed by atoms with E-state index in [1.807, 2.05) is 7.05 Å². The average molecular weight is 291 g/mol. The van der Waals surface area contributed by atoms with Crippen LogP contribution < -0.4 is 5.32 Å². The average Bonchev–Trinajstić information content (AvgIpc) is 2.92. The van der Waals surface area contributed by atoms with Gasteiger partial charge in [0.1, 0.15) is 5.60 Å². The second-order valence-electron chi connectivity index (χ2n) is 6.04. The summed E-state index contributed by atoms with van der Waals surface area (Å²) in [5.41, 5.74) is 3.33. The first kappa shape index (κ1) is 16.4. The van der Waals surface area contributed by atoms with Gasteiger partial charge in [0.25, 0.3) is 0 Å². The molecule has 1 aliphatic carbocycles. The van der Waals surface area contributed by atoms with Crippen molar-refractivity contribution in [3.05, 3.63) is 22.8 Å². The Kier molecular flexibility index (Phi) is 5.71. The predicted octanol–water partition coefficient (Wildman–Crippen LogP) is 3.05. The molecular formula is C17H29N3O. The lowest BCUT2D eigenvalue weighted by Crippen LogP contribution is -2.30. The Labute approximate surface area is 128 Å². The normalized spacial score (nSPS) is 17.3. The minimum Gasteiger partial charge on any atom is -0.367 e. The van der Waals surface area contributed by atoms with Crippen LogP contribution in [0.15, 0.2) is 0 Å². The van der Waals surface area contributed by atoms with Gasteiger partial charge in [-0.25, -0.2) is 9.97 Å². The van der Waals surface area contributed by atoms with Gasteiger partial charge >= 0.3 is 0 Å². The molecule has 0 bridgehead atoms. The van der Waals surface area contributed by atoms with E-state index in [-0.39, 0.29) is 5.60 Å². The zero-order chi connectivity index (χ0) is 15.3. The quantitative estimate of drug-likeness (QED) is 0.784. The van der Waals surface area contributed by atoms with Crippen LogP contribution in [0.5, 0.6) is 0 Å². The number of aryl methyl sites for hydroxylation is 2. The van der Waals surface area contributed by atoms with Crippen LogP contribution in [0.3, 0.4) is 0 Å². The van der Waals surface area contributed by atoms with Crippen molar-refractivity contribution in [2.75, 3.05) is 20.2 Å². The second kappa shape index (κ2) is 7.32. The topological polar surface area (TPSA) is 47.0 Å². The van der Waals surface area contributed by atoms with Crippen molar-refractivity contribution >= 4 is 0 Å². The standard InChI is InChI=1S/C17H29N3O/c1-5-21-17(10-6-7-11-17)16-19-13(2)15(14(3)20-16)9-8-12-18-4/h18H,5-12H2,1-4H3. The number of nitrogens with zero attached hydrogens (tertiary/aromatic N) is 2. The van der Waals surface area contributed by atoms with Crippen molar-refractivity contribution in [3.63, 3.8) is 0 Å². The first-order chi connectivity index (χ1) is 10.1. The van der Waals surface area contributed by atoms with Gasteiger partial charge in [-0.3, -0.25) is 0 Å². The monoisotopic (exact) mass is 291 g/mol. The highest BCUT2D eigenvalue weighted by molar-refractivity contribution is 5.26. The van der Waals surface area contributed by atoms with E-state index in [9.17, 15) is 0 Å². The number of aromatic nitrogens is 2. The van der Waals surface area contributed by atoms with Gasteiger partial charge in [-0.2, -0.15) is 0 Å². The van der Waals surface area contributed by atoms with E-state index in [1.54, 1.807) is 0 Å². The van der Waals surface area contributed by atoms with Crippen LogP contribution in [0.4, 0.5) is 0 Å². The smallest absolute Gasteiger partial charge is 0.160 e. The molecule has 21 heavy (non-hydrogen) atoms. The van der Waals surface area contributed by atoms with Gasteiger partial charge < -0.3 is 10.1 Å². The minimum absolute atomic E-state index is 0.228. The molecule has 0 spiro atoms. The molecule has 118 valence electrons. The largest absolute Gasteiger partial charge is 0.367 e. The summed E-state index contributed by atoms with van der Waals surface area (Å²) < 4.78 is 6.09. The zero-order valence-electron chi connectivity index (χ0n) is 14.0.